The number of ketones is 2. The smallest absolute Gasteiger partial charge is 0.329 e. The minimum absolute atomic E-state index is 0.00988. The molecule has 322 valence electrons. The molecule has 0 radical (unpaired) electrons. The number of hydrogen-bond donors (Lipinski definition) is 3. The second-order valence-corrected chi connectivity index (χ2v) is 17.3. The number of Topliss-reactive ketones (excluding diaryl/α,β-unsaturated/α-hetero) is 2. The Morgan fingerprint density at radius 1 is 0.930 bits per heavy atom. The minimum Gasteiger partial charge on any atom is -0.456 e. The number of aliphatic hydroxyl groups excluding tert-OH is 2. The van der Waals surface area contributed by atoms with Crippen LogP contribution in [0, 0.1) is 29.6 Å². The van der Waals surface area contributed by atoms with E-state index in [0.29, 0.717) is 56.9 Å². The molecule has 3 aliphatic heterocycles. The van der Waals surface area contributed by atoms with Crippen LogP contribution in [0.1, 0.15) is 105 Å². The Morgan fingerprint density at radius 3 is 2.25 bits per heavy atom. The first-order valence-electron chi connectivity index (χ1n) is 20.9. The SMILES string of the molecule is C=CC[C@@H]1/C=C(\C)C[C@H](C)C[C@H](OC)[C@H]2O[C@@](O)(C(=O)C(=O)N3CCCCC3C(=O)O[C@H](/C(C)=C/[C@@H]3CC[C@@H](O)[C@H](OC)C3)[C@H](C)C(O)CC1=O)[C@H](C)C[C@@H]2OC. The summed E-state index contributed by atoms with van der Waals surface area (Å²) in [4.78, 5) is 57.8. The number of aliphatic hydroxyl groups is 3. The Labute approximate surface area is 339 Å². The zero-order valence-electron chi connectivity index (χ0n) is 35.4. The number of carbonyl (C=O) groups is 4. The summed E-state index contributed by atoms with van der Waals surface area (Å²) in [6.45, 7) is 13.1. The van der Waals surface area contributed by atoms with Crippen LogP contribution >= 0.6 is 0 Å². The number of esters is 1. The summed E-state index contributed by atoms with van der Waals surface area (Å²) in [7, 11) is 4.61. The molecule has 3 N–H and O–H groups in total. The van der Waals surface area contributed by atoms with E-state index in [0.717, 1.165) is 5.57 Å². The fourth-order valence-electron chi connectivity index (χ4n) is 9.42. The molecular weight excluding hydrogens is 734 g/mol. The maximum Gasteiger partial charge on any atom is 0.329 e. The van der Waals surface area contributed by atoms with Crippen molar-refractivity contribution in [2.75, 3.05) is 27.9 Å². The molecule has 4 rings (SSSR count). The number of methoxy groups -OCH3 is 3. The van der Waals surface area contributed by atoms with Gasteiger partial charge in [-0.05, 0) is 95.5 Å². The number of fused-ring (bicyclic) bond motifs is 3. The molecular formula is C44H69NO12. The molecule has 2 saturated heterocycles. The van der Waals surface area contributed by atoms with Crippen molar-refractivity contribution in [3.05, 3.63) is 36.0 Å². The van der Waals surface area contributed by atoms with E-state index in [1.807, 2.05) is 32.9 Å². The lowest BCUT2D eigenvalue weighted by molar-refractivity contribution is -0.302. The van der Waals surface area contributed by atoms with Crippen LogP contribution in [-0.4, -0.2) is 126 Å². The zero-order valence-corrected chi connectivity index (χ0v) is 35.4. The molecule has 4 aliphatic rings. The van der Waals surface area contributed by atoms with Crippen LogP contribution in [-0.2, 0) is 42.9 Å². The van der Waals surface area contributed by atoms with E-state index in [1.165, 1.54) is 19.1 Å². The van der Waals surface area contributed by atoms with Crippen LogP contribution in [0.4, 0.5) is 0 Å². The molecule has 0 aromatic rings. The summed E-state index contributed by atoms with van der Waals surface area (Å²) < 4.78 is 29.7. The second kappa shape index (κ2) is 21.0. The molecule has 1 saturated carbocycles. The van der Waals surface area contributed by atoms with E-state index >= 15 is 0 Å². The highest BCUT2D eigenvalue weighted by Crippen LogP contribution is 2.39. The third-order valence-corrected chi connectivity index (χ3v) is 12.9. The molecule has 1 aliphatic carbocycles. The van der Waals surface area contributed by atoms with Gasteiger partial charge in [-0.3, -0.25) is 14.4 Å². The van der Waals surface area contributed by atoms with Gasteiger partial charge in [0.25, 0.3) is 11.7 Å². The van der Waals surface area contributed by atoms with Crippen molar-refractivity contribution in [1.29, 1.82) is 0 Å². The van der Waals surface area contributed by atoms with Crippen LogP contribution in [0.25, 0.3) is 0 Å². The number of cyclic esters (lactones) is 1. The fourth-order valence-corrected chi connectivity index (χ4v) is 9.42. The lowest BCUT2D eigenvalue weighted by atomic mass is 9.81. The maximum absolute atomic E-state index is 14.3. The van der Waals surface area contributed by atoms with Gasteiger partial charge in [0.2, 0.25) is 5.79 Å². The fraction of sp³-hybridized carbons (Fsp3) is 0.773. The molecule has 13 heteroatoms. The highest BCUT2D eigenvalue weighted by molar-refractivity contribution is 6.39. The van der Waals surface area contributed by atoms with Crippen molar-refractivity contribution in [1.82, 2.24) is 4.90 Å². The van der Waals surface area contributed by atoms with E-state index in [-0.39, 0.29) is 49.5 Å². The first kappa shape index (κ1) is 46.9. The molecule has 0 aromatic heterocycles. The minimum atomic E-state index is -2.51. The van der Waals surface area contributed by atoms with Crippen LogP contribution in [0.15, 0.2) is 36.0 Å². The number of amides is 1. The molecule has 57 heavy (non-hydrogen) atoms. The largest absolute Gasteiger partial charge is 0.456 e. The first-order chi connectivity index (χ1) is 27.0. The van der Waals surface area contributed by atoms with Crippen molar-refractivity contribution in [3.63, 3.8) is 0 Å². The second-order valence-electron chi connectivity index (χ2n) is 17.3. The Hall–Kier alpha value is -2.78. The lowest BCUT2D eigenvalue weighted by Crippen LogP contribution is -2.64. The van der Waals surface area contributed by atoms with Gasteiger partial charge in [-0.2, -0.15) is 0 Å². The zero-order chi connectivity index (χ0) is 42.2. The van der Waals surface area contributed by atoms with Crippen molar-refractivity contribution < 1.29 is 58.2 Å². The molecule has 1 amide bonds. The monoisotopic (exact) mass is 803 g/mol. The number of carbonyl (C=O) groups excluding carboxylic acids is 4. The summed E-state index contributed by atoms with van der Waals surface area (Å²) in [5, 5.41) is 34.1. The van der Waals surface area contributed by atoms with Gasteiger partial charge >= 0.3 is 5.97 Å². The van der Waals surface area contributed by atoms with Crippen LogP contribution in [0.5, 0.6) is 0 Å². The topological polar surface area (TPSA) is 178 Å². The molecule has 0 aromatic carbocycles. The van der Waals surface area contributed by atoms with Crippen molar-refractivity contribution in [3.8, 4) is 0 Å². The summed E-state index contributed by atoms with van der Waals surface area (Å²) in [6.07, 6.45) is 4.93. The number of ether oxygens (including phenoxy) is 5. The van der Waals surface area contributed by atoms with Crippen molar-refractivity contribution >= 4 is 23.4 Å². The predicted molar refractivity (Wildman–Crippen MR) is 213 cm³/mol. The maximum atomic E-state index is 14.3. The third kappa shape index (κ3) is 11.3. The highest BCUT2D eigenvalue weighted by Gasteiger charge is 2.56. The Morgan fingerprint density at radius 2 is 1.60 bits per heavy atom. The van der Waals surface area contributed by atoms with Crippen LogP contribution in [0.3, 0.4) is 0 Å². The van der Waals surface area contributed by atoms with Gasteiger partial charge in [0.15, 0.2) is 0 Å². The van der Waals surface area contributed by atoms with Crippen LogP contribution in [0.2, 0.25) is 0 Å². The normalized spacial score (nSPS) is 41.0. The summed E-state index contributed by atoms with van der Waals surface area (Å²) >= 11 is 0. The van der Waals surface area contributed by atoms with E-state index in [1.54, 1.807) is 27.0 Å². The van der Waals surface area contributed by atoms with Crippen molar-refractivity contribution in [2.45, 2.75) is 160 Å². The molecule has 0 spiro atoms. The van der Waals surface area contributed by atoms with E-state index in [4.69, 9.17) is 23.7 Å². The number of nitrogens with zero attached hydrogens (tertiary/aromatic N) is 1. The summed E-state index contributed by atoms with van der Waals surface area (Å²) in [6, 6.07) is -1.14. The van der Waals surface area contributed by atoms with Gasteiger partial charge in [0.05, 0.1) is 30.5 Å². The quantitative estimate of drug-likeness (QED) is 0.185. The number of allylic oxidation sites excluding steroid dienone is 4. The lowest BCUT2D eigenvalue weighted by Gasteiger charge is -2.47. The van der Waals surface area contributed by atoms with Crippen molar-refractivity contribution in [2.24, 2.45) is 29.6 Å². The Bertz CT molecular complexity index is 1480. The standard InChI is InChI=1S/C44H69NO12/c1-10-13-31-19-25(2)18-26(3)20-37(54-8)40-38(55-9)22-28(5)44(52,57-40)41(49)42(50)45-17-12-11-14-32(45)43(51)56-39(29(6)34(47)24-35(31)48)27(4)21-30-15-16-33(46)36(23-30)53-7/h10,19,21,26,28-34,36-40,46-47,52H,1,11-18,20,22-24H2,2-9H3/b25-19+,27-21+/t26-,28+,29+,30-,31+,32?,33+,34?,36+,37-,38-,39+,40+,44+/m0/s1. The number of piperidine rings is 1. The Kier molecular flexibility index (Phi) is 17.2. The van der Waals surface area contributed by atoms with Gasteiger partial charge < -0.3 is 43.9 Å². The predicted octanol–water partition coefficient (Wildman–Crippen LogP) is 4.64. The number of hydrogen-bond acceptors (Lipinski definition) is 12. The molecule has 3 heterocycles. The van der Waals surface area contributed by atoms with E-state index in [2.05, 4.69) is 6.58 Å². The highest BCUT2D eigenvalue weighted by atomic mass is 16.7. The number of rotatable bonds is 7. The van der Waals surface area contributed by atoms with Crippen LogP contribution < -0.4 is 0 Å². The molecule has 14 atom stereocenters. The van der Waals surface area contributed by atoms with Gasteiger partial charge in [-0.15, -0.1) is 6.58 Å². The Balaban J connectivity index is 1.78. The summed E-state index contributed by atoms with van der Waals surface area (Å²) in [5.74, 6) is -7.76. The van der Waals surface area contributed by atoms with Gasteiger partial charge in [-0.1, -0.05) is 44.6 Å². The molecule has 2 bridgehead atoms. The third-order valence-electron chi connectivity index (χ3n) is 12.9. The molecule has 3 fully saturated rings. The van der Waals surface area contributed by atoms with E-state index < -0.39 is 83.9 Å². The van der Waals surface area contributed by atoms with E-state index in [9.17, 15) is 34.5 Å². The van der Waals surface area contributed by atoms with Gasteiger partial charge in [-0.25, -0.2) is 4.79 Å². The van der Waals surface area contributed by atoms with Gasteiger partial charge in [0.1, 0.15) is 24.0 Å². The first-order valence-corrected chi connectivity index (χ1v) is 20.9. The molecule has 2 unspecified atom stereocenters. The average molecular weight is 804 g/mol. The molecule has 13 nitrogen and oxygen atoms in total. The summed E-state index contributed by atoms with van der Waals surface area (Å²) in [5.41, 5.74) is 1.61. The average Bonchev–Trinajstić information content (AvgIpc) is 3.18. The van der Waals surface area contributed by atoms with Gasteiger partial charge in [0, 0.05) is 52.0 Å².